The number of hydrogen-bond acceptors (Lipinski definition) is 3. The fourth-order valence-electron chi connectivity index (χ4n) is 1.16. The maximum atomic E-state index is 11.3. The summed E-state index contributed by atoms with van der Waals surface area (Å²) in [6, 6.07) is 4.87. The van der Waals surface area contributed by atoms with Crippen LogP contribution in [0.15, 0.2) is 35.2 Å². The fraction of sp³-hybridized carbons (Fsp3) is 0.273. The molecule has 0 aliphatic heterocycles. The molecular formula is C11H13ClO3S. The Morgan fingerprint density at radius 1 is 1.44 bits per heavy atom. The van der Waals surface area contributed by atoms with Gasteiger partial charge >= 0.3 is 0 Å². The van der Waals surface area contributed by atoms with Crippen molar-refractivity contribution in [2.24, 2.45) is 0 Å². The van der Waals surface area contributed by atoms with E-state index in [0.29, 0.717) is 6.61 Å². The molecule has 1 aromatic carbocycles. The van der Waals surface area contributed by atoms with E-state index in [1.54, 1.807) is 25.1 Å². The van der Waals surface area contributed by atoms with Crippen LogP contribution in [-0.4, -0.2) is 15.0 Å². The second-order valence-corrected chi connectivity index (χ2v) is 5.80. The maximum Gasteiger partial charge on any atom is 0.264 e. The monoisotopic (exact) mass is 260 g/mol. The van der Waals surface area contributed by atoms with E-state index in [-0.39, 0.29) is 10.6 Å². The quantitative estimate of drug-likeness (QED) is 0.618. The summed E-state index contributed by atoms with van der Waals surface area (Å²) >= 11 is 0. The molecule has 0 aromatic heterocycles. The lowest BCUT2D eigenvalue weighted by atomic mass is 10.2. The molecule has 0 atom stereocenters. The van der Waals surface area contributed by atoms with Gasteiger partial charge in [0, 0.05) is 10.7 Å². The molecule has 3 nitrogen and oxygen atoms in total. The summed E-state index contributed by atoms with van der Waals surface area (Å²) in [5.41, 5.74) is 0.817. The van der Waals surface area contributed by atoms with Crippen molar-refractivity contribution in [3.63, 3.8) is 0 Å². The van der Waals surface area contributed by atoms with E-state index >= 15 is 0 Å². The molecule has 0 saturated heterocycles. The maximum absolute atomic E-state index is 11.3. The number of halogens is 1. The van der Waals surface area contributed by atoms with Crippen molar-refractivity contribution in [2.45, 2.75) is 18.7 Å². The molecule has 0 fully saturated rings. The summed E-state index contributed by atoms with van der Waals surface area (Å²) in [7, 11) is 1.55. The highest BCUT2D eigenvalue weighted by atomic mass is 35.7. The second kappa shape index (κ2) is 5.37. The molecule has 0 heterocycles. The largest absolute Gasteiger partial charge is 0.488 e. The Morgan fingerprint density at radius 2 is 2.12 bits per heavy atom. The van der Waals surface area contributed by atoms with Crippen LogP contribution in [0, 0.1) is 6.92 Å². The fourth-order valence-corrected chi connectivity index (χ4v) is 2.21. The molecule has 0 aliphatic carbocycles. The van der Waals surface area contributed by atoms with Crippen LogP contribution < -0.4 is 4.74 Å². The molecule has 0 radical (unpaired) electrons. The average molecular weight is 261 g/mol. The molecule has 0 aliphatic rings. The Morgan fingerprint density at radius 3 is 2.69 bits per heavy atom. The molecule has 0 bridgehead atoms. The summed E-state index contributed by atoms with van der Waals surface area (Å²) in [6.45, 7) is 3.97. The first-order valence-corrected chi connectivity index (χ1v) is 7.05. The zero-order chi connectivity index (χ0) is 12.2. The Labute approximate surface area is 100 Å². The van der Waals surface area contributed by atoms with Gasteiger partial charge in [-0.05, 0) is 31.5 Å². The molecule has 1 aromatic rings. The van der Waals surface area contributed by atoms with Crippen LogP contribution in [0.3, 0.4) is 0 Å². The molecule has 0 N–H and O–H groups in total. The minimum absolute atomic E-state index is 0.0127. The van der Waals surface area contributed by atoms with Crippen molar-refractivity contribution in [3.8, 4) is 5.75 Å². The number of benzene rings is 1. The normalized spacial score (nSPS) is 11.9. The van der Waals surface area contributed by atoms with Crippen LogP contribution >= 0.6 is 10.7 Å². The van der Waals surface area contributed by atoms with Crippen molar-refractivity contribution in [3.05, 3.63) is 35.9 Å². The Balaban J connectivity index is 3.08. The summed E-state index contributed by atoms with van der Waals surface area (Å²) in [6.07, 6.45) is 3.60. The zero-order valence-electron chi connectivity index (χ0n) is 9.10. The lowest BCUT2D eigenvalue weighted by Crippen LogP contribution is -2.00. The van der Waals surface area contributed by atoms with E-state index in [1.165, 1.54) is 6.07 Å². The Kier molecular flexibility index (Phi) is 4.38. The third kappa shape index (κ3) is 3.54. The van der Waals surface area contributed by atoms with Gasteiger partial charge in [-0.1, -0.05) is 18.2 Å². The number of ether oxygens (including phenoxy) is 1. The minimum atomic E-state index is -3.77. The van der Waals surface area contributed by atoms with E-state index < -0.39 is 9.05 Å². The molecule has 5 heteroatoms. The first-order valence-electron chi connectivity index (χ1n) is 4.74. The van der Waals surface area contributed by atoms with Crippen LogP contribution in [0.2, 0.25) is 0 Å². The van der Waals surface area contributed by atoms with Gasteiger partial charge in [-0.25, -0.2) is 8.42 Å². The SMILES string of the molecule is C/C=C/COc1ccc(C)cc1S(=O)(=O)Cl. The first-order chi connectivity index (χ1) is 7.45. The van der Waals surface area contributed by atoms with Crippen molar-refractivity contribution in [2.75, 3.05) is 6.61 Å². The number of aryl methyl sites for hydroxylation is 1. The summed E-state index contributed by atoms with van der Waals surface area (Å²) in [5, 5.41) is 0. The van der Waals surface area contributed by atoms with E-state index in [9.17, 15) is 8.42 Å². The minimum Gasteiger partial charge on any atom is -0.488 e. The van der Waals surface area contributed by atoms with Gasteiger partial charge in [0.25, 0.3) is 9.05 Å². The topological polar surface area (TPSA) is 43.4 Å². The first kappa shape index (κ1) is 13.1. The Bertz CT molecular complexity index is 492. The summed E-state index contributed by atoms with van der Waals surface area (Å²) < 4.78 is 27.9. The molecular weight excluding hydrogens is 248 g/mol. The van der Waals surface area contributed by atoms with E-state index in [4.69, 9.17) is 15.4 Å². The van der Waals surface area contributed by atoms with Gasteiger partial charge in [-0.3, -0.25) is 0 Å². The van der Waals surface area contributed by atoms with Gasteiger partial charge in [-0.15, -0.1) is 0 Å². The predicted molar refractivity (Wildman–Crippen MR) is 64.5 cm³/mol. The molecule has 0 saturated carbocycles. The van der Waals surface area contributed by atoms with E-state index in [2.05, 4.69) is 0 Å². The van der Waals surface area contributed by atoms with E-state index in [1.807, 2.05) is 13.0 Å². The third-order valence-corrected chi connectivity index (χ3v) is 3.28. The number of rotatable bonds is 4. The molecule has 16 heavy (non-hydrogen) atoms. The van der Waals surface area contributed by atoms with E-state index in [0.717, 1.165) is 5.56 Å². The molecule has 0 spiro atoms. The van der Waals surface area contributed by atoms with Crippen LogP contribution in [0.1, 0.15) is 12.5 Å². The second-order valence-electron chi connectivity index (χ2n) is 3.27. The van der Waals surface area contributed by atoms with Gasteiger partial charge in [0.15, 0.2) is 0 Å². The summed E-state index contributed by atoms with van der Waals surface area (Å²) in [5.74, 6) is 0.277. The highest BCUT2D eigenvalue weighted by molar-refractivity contribution is 8.13. The van der Waals surface area contributed by atoms with Gasteiger partial charge in [-0.2, -0.15) is 0 Å². The van der Waals surface area contributed by atoms with Crippen LogP contribution in [0.25, 0.3) is 0 Å². The van der Waals surface area contributed by atoms with Gasteiger partial charge in [0.2, 0.25) is 0 Å². The lowest BCUT2D eigenvalue weighted by molar-refractivity contribution is 0.353. The van der Waals surface area contributed by atoms with Crippen molar-refractivity contribution in [1.82, 2.24) is 0 Å². The highest BCUT2D eigenvalue weighted by Gasteiger charge is 2.16. The summed E-state index contributed by atoms with van der Waals surface area (Å²) in [4.78, 5) is 0.0127. The Hall–Kier alpha value is -1.00. The van der Waals surface area contributed by atoms with Gasteiger partial charge in [0.05, 0.1) is 0 Å². The molecule has 88 valence electrons. The molecule has 1 rings (SSSR count). The van der Waals surface area contributed by atoms with Crippen LogP contribution in [0.5, 0.6) is 5.75 Å². The average Bonchev–Trinajstić information content (AvgIpc) is 2.19. The van der Waals surface area contributed by atoms with Crippen molar-refractivity contribution >= 4 is 19.7 Å². The van der Waals surface area contributed by atoms with Gasteiger partial charge in [0.1, 0.15) is 17.3 Å². The number of hydrogen-bond donors (Lipinski definition) is 0. The zero-order valence-corrected chi connectivity index (χ0v) is 10.7. The standard InChI is InChI=1S/C11H13ClO3S/c1-3-4-7-15-10-6-5-9(2)8-11(10)16(12,13)14/h3-6,8H,7H2,1-2H3/b4-3+. The number of allylic oxidation sites excluding steroid dienone is 1. The van der Waals surface area contributed by atoms with Crippen molar-refractivity contribution < 1.29 is 13.2 Å². The molecule has 0 amide bonds. The third-order valence-electron chi connectivity index (χ3n) is 1.93. The van der Waals surface area contributed by atoms with Crippen LogP contribution in [0.4, 0.5) is 0 Å². The van der Waals surface area contributed by atoms with Crippen molar-refractivity contribution in [1.29, 1.82) is 0 Å². The van der Waals surface area contributed by atoms with Gasteiger partial charge < -0.3 is 4.74 Å². The van der Waals surface area contributed by atoms with Crippen LogP contribution in [-0.2, 0) is 9.05 Å². The molecule has 0 unspecified atom stereocenters. The highest BCUT2D eigenvalue weighted by Crippen LogP contribution is 2.27. The lowest BCUT2D eigenvalue weighted by Gasteiger charge is -2.08. The smallest absolute Gasteiger partial charge is 0.264 e. The predicted octanol–water partition coefficient (Wildman–Crippen LogP) is 2.88.